The molecular weight excluding hydrogens is 232 g/mol. The van der Waals surface area contributed by atoms with Crippen LogP contribution in [0, 0.1) is 12.8 Å². The highest BCUT2D eigenvalue weighted by molar-refractivity contribution is 6.31. The van der Waals surface area contributed by atoms with E-state index in [9.17, 15) is 5.11 Å². The maximum atomic E-state index is 10.4. The van der Waals surface area contributed by atoms with Gasteiger partial charge in [0.25, 0.3) is 0 Å². The molecule has 1 nitrogen and oxygen atoms in total. The Labute approximate surface area is 110 Å². The fraction of sp³-hybridized carbons (Fsp3) is 0.600. The van der Waals surface area contributed by atoms with E-state index >= 15 is 0 Å². The summed E-state index contributed by atoms with van der Waals surface area (Å²) in [5.41, 5.74) is 2.01. The van der Waals surface area contributed by atoms with E-state index < -0.39 is 0 Å². The first-order valence-corrected chi connectivity index (χ1v) is 6.92. The van der Waals surface area contributed by atoms with Gasteiger partial charge in [0.15, 0.2) is 0 Å². The number of hydrogen-bond acceptors (Lipinski definition) is 1. The predicted molar refractivity (Wildman–Crippen MR) is 74.5 cm³/mol. The summed E-state index contributed by atoms with van der Waals surface area (Å²) < 4.78 is 0. The van der Waals surface area contributed by atoms with Crippen LogP contribution in [0.3, 0.4) is 0 Å². The lowest BCUT2D eigenvalue weighted by molar-refractivity contribution is 0.0964. The molecule has 1 aromatic rings. The minimum Gasteiger partial charge on any atom is -0.388 e. The van der Waals surface area contributed by atoms with Gasteiger partial charge in [-0.2, -0.15) is 0 Å². The van der Waals surface area contributed by atoms with Crippen LogP contribution in [-0.2, 0) is 0 Å². The molecule has 0 fully saturated rings. The molecule has 96 valence electrons. The molecule has 1 atom stereocenters. The van der Waals surface area contributed by atoms with Crippen LogP contribution in [0.2, 0.25) is 5.02 Å². The number of benzene rings is 1. The lowest BCUT2D eigenvalue weighted by Crippen LogP contribution is -2.12. The second-order valence-electron chi connectivity index (χ2n) is 4.79. The third-order valence-electron chi connectivity index (χ3n) is 3.30. The van der Waals surface area contributed by atoms with Crippen LogP contribution < -0.4 is 0 Å². The van der Waals surface area contributed by atoms with Crippen molar-refractivity contribution >= 4 is 11.6 Å². The van der Waals surface area contributed by atoms with Gasteiger partial charge in [-0.05, 0) is 42.9 Å². The van der Waals surface area contributed by atoms with Crippen molar-refractivity contribution in [1.29, 1.82) is 0 Å². The van der Waals surface area contributed by atoms with Gasteiger partial charge >= 0.3 is 0 Å². The van der Waals surface area contributed by atoms with Crippen molar-refractivity contribution in [2.45, 2.75) is 52.6 Å². The highest BCUT2D eigenvalue weighted by Crippen LogP contribution is 2.31. The van der Waals surface area contributed by atoms with Crippen molar-refractivity contribution in [1.82, 2.24) is 0 Å². The Morgan fingerprint density at radius 2 is 1.76 bits per heavy atom. The average Bonchev–Trinajstić information content (AvgIpc) is 2.31. The fourth-order valence-corrected chi connectivity index (χ4v) is 2.46. The zero-order valence-electron chi connectivity index (χ0n) is 11.0. The van der Waals surface area contributed by atoms with Crippen LogP contribution in [0.25, 0.3) is 0 Å². The molecule has 0 spiro atoms. The second-order valence-corrected chi connectivity index (χ2v) is 5.20. The quantitative estimate of drug-likeness (QED) is 0.766. The van der Waals surface area contributed by atoms with E-state index in [0.717, 1.165) is 41.8 Å². The Bertz CT molecular complexity index is 343. The summed E-state index contributed by atoms with van der Waals surface area (Å²) in [5.74, 6) is 0.351. The summed E-state index contributed by atoms with van der Waals surface area (Å²) in [7, 11) is 0. The average molecular weight is 255 g/mol. The Balaban J connectivity index is 2.84. The van der Waals surface area contributed by atoms with Gasteiger partial charge in [-0.1, -0.05) is 50.4 Å². The fourth-order valence-electron chi connectivity index (χ4n) is 2.27. The molecule has 0 heterocycles. The van der Waals surface area contributed by atoms with Crippen molar-refractivity contribution in [2.75, 3.05) is 0 Å². The Morgan fingerprint density at radius 1 is 1.18 bits per heavy atom. The van der Waals surface area contributed by atoms with Gasteiger partial charge in [0.05, 0.1) is 6.10 Å². The maximum Gasteiger partial charge on any atom is 0.0818 e. The Kier molecular flexibility index (Phi) is 6.01. The van der Waals surface area contributed by atoms with Crippen molar-refractivity contribution < 1.29 is 5.11 Å². The number of halogens is 1. The summed E-state index contributed by atoms with van der Waals surface area (Å²) in [6, 6.07) is 5.87. The predicted octanol–water partition coefficient (Wildman–Crippen LogP) is 4.90. The Morgan fingerprint density at radius 3 is 2.24 bits per heavy atom. The van der Waals surface area contributed by atoms with Crippen LogP contribution in [0.4, 0.5) is 0 Å². The van der Waals surface area contributed by atoms with Crippen LogP contribution in [0.5, 0.6) is 0 Å². The van der Waals surface area contributed by atoms with Crippen LogP contribution in [0.15, 0.2) is 18.2 Å². The molecule has 1 aromatic carbocycles. The number of rotatable bonds is 6. The largest absolute Gasteiger partial charge is 0.388 e. The van der Waals surface area contributed by atoms with Crippen molar-refractivity contribution in [3.05, 3.63) is 34.3 Å². The zero-order chi connectivity index (χ0) is 12.8. The molecule has 0 bridgehead atoms. The van der Waals surface area contributed by atoms with Gasteiger partial charge < -0.3 is 5.11 Å². The van der Waals surface area contributed by atoms with E-state index in [1.165, 1.54) is 0 Å². The van der Waals surface area contributed by atoms with E-state index in [1.807, 2.05) is 25.1 Å². The monoisotopic (exact) mass is 254 g/mol. The zero-order valence-corrected chi connectivity index (χ0v) is 11.8. The minimum absolute atomic E-state index is 0.351. The minimum atomic E-state index is -0.381. The normalized spacial score (nSPS) is 13.1. The SMILES string of the molecule is CCCC(CCC)C(O)c1ccc(C)c(Cl)c1. The molecule has 1 N–H and O–H groups in total. The topological polar surface area (TPSA) is 20.2 Å². The van der Waals surface area contributed by atoms with E-state index in [0.29, 0.717) is 5.92 Å². The molecule has 17 heavy (non-hydrogen) atoms. The van der Waals surface area contributed by atoms with Crippen molar-refractivity contribution in [3.8, 4) is 0 Å². The van der Waals surface area contributed by atoms with Gasteiger partial charge in [0, 0.05) is 5.02 Å². The lowest BCUT2D eigenvalue weighted by Gasteiger charge is -2.22. The summed E-state index contributed by atoms with van der Waals surface area (Å²) in [6.45, 7) is 6.31. The number of hydrogen-bond donors (Lipinski definition) is 1. The maximum absolute atomic E-state index is 10.4. The standard InChI is InChI=1S/C15H23ClO/c1-4-6-12(7-5-2)15(17)13-9-8-11(3)14(16)10-13/h8-10,12,15,17H,4-7H2,1-3H3. The molecule has 0 amide bonds. The molecule has 0 aliphatic carbocycles. The van der Waals surface area contributed by atoms with E-state index in [1.54, 1.807) is 0 Å². The Hall–Kier alpha value is -0.530. The summed E-state index contributed by atoms with van der Waals surface area (Å²) >= 11 is 6.11. The molecule has 1 unspecified atom stereocenters. The summed E-state index contributed by atoms with van der Waals surface area (Å²) in [5, 5.41) is 11.1. The molecule has 0 aliphatic rings. The first-order chi connectivity index (χ1) is 8.10. The summed E-state index contributed by atoms with van der Waals surface area (Å²) in [6.07, 6.45) is 3.98. The smallest absolute Gasteiger partial charge is 0.0818 e. The van der Waals surface area contributed by atoms with Gasteiger partial charge in [-0.25, -0.2) is 0 Å². The van der Waals surface area contributed by atoms with E-state index in [2.05, 4.69) is 13.8 Å². The molecule has 0 aromatic heterocycles. The molecular formula is C15H23ClO. The molecule has 0 saturated heterocycles. The van der Waals surface area contributed by atoms with Crippen LogP contribution in [-0.4, -0.2) is 5.11 Å². The van der Waals surface area contributed by atoms with E-state index in [4.69, 9.17) is 11.6 Å². The third kappa shape index (κ3) is 4.01. The lowest BCUT2D eigenvalue weighted by atomic mass is 9.88. The molecule has 2 heteroatoms. The van der Waals surface area contributed by atoms with Gasteiger partial charge in [-0.15, -0.1) is 0 Å². The van der Waals surface area contributed by atoms with Gasteiger partial charge in [0.1, 0.15) is 0 Å². The first-order valence-electron chi connectivity index (χ1n) is 6.54. The highest BCUT2D eigenvalue weighted by atomic mass is 35.5. The molecule has 1 rings (SSSR count). The van der Waals surface area contributed by atoms with Crippen molar-refractivity contribution in [3.63, 3.8) is 0 Å². The molecule has 0 saturated carbocycles. The number of aliphatic hydroxyl groups is 1. The molecule has 0 aliphatic heterocycles. The number of aryl methyl sites for hydroxylation is 1. The highest BCUT2D eigenvalue weighted by Gasteiger charge is 2.19. The molecule has 0 radical (unpaired) electrons. The van der Waals surface area contributed by atoms with Crippen LogP contribution in [0.1, 0.15) is 56.8 Å². The first kappa shape index (κ1) is 14.5. The van der Waals surface area contributed by atoms with Crippen molar-refractivity contribution in [2.24, 2.45) is 5.92 Å². The second kappa shape index (κ2) is 7.03. The van der Waals surface area contributed by atoms with Crippen LogP contribution >= 0.6 is 11.6 Å². The van der Waals surface area contributed by atoms with Gasteiger partial charge in [0.2, 0.25) is 0 Å². The van der Waals surface area contributed by atoms with Gasteiger partial charge in [-0.3, -0.25) is 0 Å². The summed E-state index contributed by atoms with van der Waals surface area (Å²) in [4.78, 5) is 0. The third-order valence-corrected chi connectivity index (χ3v) is 3.71. The number of aliphatic hydroxyl groups excluding tert-OH is 1. The van der Waals surface area contributed by atoms with E-state index in [-0.39, 0.29) is 6.10 Å².